The van der Waals surface area contributed by atoms with Crippen LogP contribution in [0.15, 0.2) is 70.4 Å². The van der Waals surface area contributed by atoms with E-state index in [1.54, 1.807) is 24.1 Å². The Hall–Kier alpha value is -2.93. The first kappa shape index (κ1) is 18.8. The predicted octanol–water partition coefficient (Wildman–Crippen LogP) is 3.86. The van der Waals surface area contributed by atoms with E-state index in [4.69, 9.17) is 4.74 Å². The van der Waals surface area contributed by atoms with Crippen LogP contribution in [-0.2, 0) is 6.54 Å². The van der Waals surface area contributed by atoms with Crippen molar-refractivity contribution in [3.05, 3.63) is 82.1 Å². The minimum absolute atomic E-state index is 0.318. The van der Waals surface area contributed by atoms with E-state index < -0.39 is 0 Å². The van der Waals surface area contributed by atoms with Crippen molar-refractivity contribution < 1.29 is 9.53 Å². The van der Waals surface area contributed by atoms with E-state index in [2.05, 4.69) is 31.6 Å². The molecular formula is C20H19BrN4O2. The van der Waals surface area contributed by atoms with Crippen LogP contribution in [0.2, 0.25) is 0 Å². The molecule has 0 aliphatic rings. The Morgan fingerprint density at radius 1 is 1.15 bits per heavy atom. The zero-order valence-corrected chi connectivity index (χ0v) is 16.6. The van der Waals surface area contributed by atoms with E-state index in [1.165, 1.54) is 0 Å². The summed E-state index contributed by atoms with van der Waals surface area (Å²) >= 11 is 3.41. The smallest absolute Gasteiger partial charge is 0.291 e. The number of ether oxygens (including phenoxy) is 1. The molecule has 1 amide bonds. The summed E-state index contributed by atoms with van der Waals surface area (Å²) in [6, 6.07) is 17.1. The largest absolute Gasteiger partial charge is 0.497 e. The summed E-state index contributed by atoms with van der Waals surface area (Å²) < 4.78 is 7.88. The Balaban J connectivity index is 1.62. The number of hydrogen-bond acceptors (Lipinski definition) is 4. The lowest BCUT2D eigenvalue weighted by molar-refractivity contribution is 0.0949. The monoisotopic (exact) mass is 426 g/mol. The molecule has 0 saturated heterocycles. The maximum Gasteiger partial charge on any atom is 0.291 e. The first-order chi connectivity index (χ1) is 13.0. The molecule has 1 aromatic heterocycles. The van der Waals surface area contributed by atoms with Crippen LogP contribution in [0.3, 0.4) is 0 Å². The van der Waals surface area contributed by atoms with E-state index in [0.29, 0.717) is 18.0 Å². The third-order valence-electron chi connectivity index (χ3n) is 3.96. The Morgan fingerprint density at radius 3 is 2.52 bits per heavy atom. The molecule has 27 heavy (non-hydrogen) atoms. The highest BCUT2D eigenvalue weighted by Gasteiger charge is 2.09. The minimum atomic E-state index is -0.350. The number of carbonyl (C=O) groups is 1. The summed E-state index contributed by atoms with van der Waals surface area (Å²) in [6.07, 6.45) is 1.77. The molecule has 7 heteroatoms. The Morgan fingerprint density at radius 2 is 1.85 bits per heavy atom. The highest BCUT2D eigenvalue weighted by Crippen LogP contribution is 2.13. The topological polar surface area (TPSA) is 68.5 Å². The van der Waals surface area contributed by atoms with Gasteiger partial charge in [0.05, 0.1) is 19.4 Å². The van der Waals surface area contributed by atoms with Crippen molar-refractivity contribution in [1.29, 1.82) is 0 Å². The standard InChI is InChI=1S/C20H19BrN4O2/c1-14(16-5-9-18(27-2)10-6-16)22-23-20(26)19-11-12-25(24-19)13-15-3-7-17(21)8-4-15/h3-12H,13H2,1-2H3,(H,23,26)/b22-14-. The molecule has 6 nitrogen and oxygen atoms in total. The number of amides is 1. The summed E-state index contributed by atoms with van der Waals surface area (Å²) in [4.78, 5) is 12.3. The van der Waals surface area contributed by atoms with Gasteiger partial charge in [0.15, 0.2) is 5.69 Å². The molecule has 138 valence electrons. The lowest BCUT2D eigenvalue weighted by atomic mass is 10.1. The van der Waals surface area contributed by atoms with Crippen molar-refractivity contribution in [3.8, 4) is 5.75 Å². The molecule has 0 saturated carbocycles. The number of hydrazone groups is 1. The second-order valence-electron chi connectivity index (χ2n) is 5.89. The van der Waals surface area contributed by atoms with Gasteiger partial charge in [0.1, 0.15) is 5.75 Å². The van der Waals surface area contributed by atoms with Gasteiger partial charge in [-0.2, -0.15) is 10.2 Å². The van der Waals surface area contributed by atoms with E-state index in [1.807, 2.05) is 55.5 Å². The lowest BCUT2D eigenvalue weighted by Crippen LogP contribution is -2.20. The van der Waals surface area contributed by atoms with Crippen LogP contribution >= 0.6 is 15.9 Å². The molecule has 3 aromatic rings. The molecule has 0 bridgehead atoms. The fourth-order valence-electron chi connectivity index (χ4n) is 2.44. The quantitative estimate of drug-likeness (QED) is 0.480. The molecule has 0 atom stereocenters. The molecule has 0 aliphatic heterocycles. The van der Waals surface area contributed by atoms with Crippen molar-refractivity contribution >= 4 is 27.5 Å². The first-order valence-electron chi connectivity index (χ1n) is 8.32. The van der Waals surface area contributed by atoms with Gasteiger partial charge in [-0.15, -0.1) is 0 Å². The second kappa shape index (κ2) is 8.64. The fraction of sp³-hybridized carbons (Fsp3) is 0.150. The van der Waals surface area contributed by atoms with Crippen molar-refractivity contribution in [2.75, 3.05) is 7.11 Å². The van der Waals surface area contributed by atoms with Gasteiger partial charge in [-0.3, -0.25) is 9.48 Å². The van der Waals surface area contributed by atoms with Crippen LogP contribution in [0.25, 0.3) is 0 Å². The normalized spacial score (nSPS) is 11.3. The predicted molar refractivity (Wildman–Crippen MR) is 108 cm³/mol. The number of rotatable bonds is 6. The molecular weight excluding hydrogens is 408 g/mol. The van der Waals surface area contributed by atoms with Crippen LogP contribution in [0, 0.1) is 0 Å². The van der Waals surface area contributed by atoms with Gasteiger partial charge < -0.3 is 4.74 Å². The third-order valence-corrected chi connectivity index (χ3v) is 4.49. The van der Waals surface area contributed by atoms with Gasteiger partial charge in [-0.25, -0.2) is 5.43 Å². The molecule has 0 unspecified atom stereocenters. The maximum atomic E-state index is 12.3. The summed E-state index contributed by atoms with van der Waals surface area (Å²) in [5, 5.41) is 8.46. The summed E-state index contributed by atoms with van der Waals surface area (Å²) in [7, 11) is 1.62. The Labute approximate surface area is 166 Å². The Kier molecular flexibility index (Phi) is 6.03. The van der Waals surface area contributed by atoms with Gasteiger partial charge in [0.2, 0.25) is 0 Å². The second-order valence-corrected chi connectivity index (χ2v) is 6.81. The molecule has 0 aliphatic carbocycles. The summed E-state index contributed by atoms with van der Waals surface area (Å²) in [5.74, 6) is 0.421. The van der Waals surface area contributed by atoms with Crippen molar-refractivity contribution in [3.63, 3.8) is 0 Å². The van der Waals surface area contributed by atoms with Gasteiger partial charge >= 0.3 is 0 Å². The third kappa shape index (κ3) is 5.04. The molecule has 0 radical (unpaired) electrons. The average molecular weight is 427 g/mol. The van der Waals surface area contributed by atoms with Crippen LogP contribution in [0.5, 0.6) is 5.75 Å². The van der Waals surface area contributed by atoms with Crippen LogP contribution in [0.4, 0.5) is 0 Å². The molecule has 1 N–H and O–H groups in total. The minimum Gasteiger partial charge on any atom is -0.497 e. The van der Waals surface area contributed by atoms with Crippen LogP contribution in [-0.4, -0.2) is 28.5 Å². The summed E-state index contributed by atoms with van der Waals surface area (Å²) in [5.41, 5.74) is 5.56. The van der Waals surface area contributed by atoms with Gasteiger partial charge in [-0.1, -0.05) is 28.1 Å². The molecule has 2 aromatic carbocycles. The number of benzene rings is 2. The SMILES string of the molecule is COc1ccc(/C(C)=N\NC(=O)c2ccn(Cc3ccc(Br)cc3)n2)cc1. The zero-order valence-electron chi connectivity index (χ0n) is 15.0. The van der Waals surface area contributed by atoms with E-state index in [0.717, 1.165) is 21.3 Å². The average Bonchev–Trinajstić information content (AvgIpc) is 3.16. The lowest BCUT2D eigenvalue weighted by Gasteiger charge is -2.04. The van der Waals surface area contributed by atoms with Crippen molar-refractivity contribution in [1.82, 2.24) is 15.2 Å². The fourth-order valence-corrected chi connectivity index (χ4v) is 2.70. The molecule has 0 spiro atoms. The van der Waals surface area contributed by atoms with Crippen LogP contribution in [0.1, 0.15) is 28.5 Å². The van der Waals surface area contributed by atoms with E-state index >= 15 is 0 Å². The van der Waals surface area contributed by atoms with E-state index in [9.17, 15) is 4.79 Å². The molecule has 3 rings (SSSR count). The van der Waals surface area contributed by atoms with Gasteiger partial charge in [-0.05, 0) is 60.5 Å². The van der Waals surface area contributed by atoms with Gasteiger partial charge in [0.25, 0.3) is 5.91 Å². The number of nitrogens with one attached hydrogen (secondary N) is 1. The van der Waals surface area contributed by atoms with Gasteiger partial charge in [0, 0.05) is 10.7 Å². The van der Waals surface area contributed by atoms with Crippen molar-refractivity contribution in [2.45, 2.75) is 13.5 Å². The number of halogens is 1. The number of hydrogen-bond donors (Lipinski definition) is 1. The van der Waals surface area contributed by atoms with E-state index in [-0.39, 0.29) is 5.91 Å². The van der Waals surface area contributed by atoms with Crippen molar-refractivity contribution in [2.24, 2.45) is 5.10 Å². The molecule has 0 fully saturated rings. The Bertz CT molecular complexity index is 947. The zero-order chi connectivity index (χ0) is 19.2. The number of nitrogens with zero attached hydrogens (tertiary/aromatic N) is 3. The highest BCUT2D eigenvalue weighted by molar-refractivity contribution is 9.10. The summed E-state index contributed by atoms with van der Waals surface area (Å²) in [6.45, 7) is 2.42. The van der Waals surface area contributed by atoms with Crippen LogP contribution < -0.4 is 10.2 Å². The maximum absolute atomic E-state index is 12.3. The highest BCUT2D eigenvalue weighted by atomic mass is 79.9. The first-order valence-corrected chi connectivity index (χ1v) is 9.11. The number of carbonyl (C=O) groups excluding carboxylic acids is 1. The molecule has 1 heterocycles. The number of aromatic nitrogens is 2. The number of methoxy groups -OCH3 is 1.